The number of amides is 1. The van der Waals surface area contributed by atoms with E-state index in [2.05, 4.69) is 10.2 Å². The number of hydrogen-bond acceptors (Lipinski definition) is 5. The number of rotatable bonds is 7. The van der Waals surface area contributed by atoms with Crippen LogP contribution in [0.15, 0.2) is 18.2 Å². The maximum Gasteiger partial charge on any atom is 0.407 e. The van der Waals surface area contributed by atoms with Crippen LogP contribution in [0.25, 0.3) is 0 Å². The van der Waals surface area contributed by atoms with Gasteiger partial charge in [0.15, 0.2) is 0 Å². The zero-order valence-electron chi connectivity index (χ0n) is 15.7. The normalized spacial score (nSPS) is 14.2. The molecule has 1 aromatic carbocycles. The standard InChI is InChI=1S/C19H28N2O5/c1-19(2,3)26-18(24)20-9-6-12-25-16-13-14(21-10-4-5-11-21)7-8-15(16)17(22)23/h7-8,13H,4-6,9-12H2,1-3H3,(H,20,24)(H,22,23). The van der Waals surface area contributed by atoms with Crippen LogP contribution in [0, 0.1) is 0 Å². The van der Waals surface area contributed by atoms with Crippen molar-refractivity contribution in [3.8, 4) is 5.75 Å². The molecule has 0 aromatic heterocycles. The molecule has 0 bridgehead atoms. The second-order valence-corrected chi connectivity index (χ2v) is 7.31. The van der Waals surface area contributed by atoms with Gasteiger partial charge in [0.05, 0.1) is 6.61 Å². The number of alkyl carbamates (subject to hydrolysis) is 1. The lowest BCUT2D eigenvalue weighted by atomic mass is 10.1. The van der Waals surface area contributed by atoms with Crippen molar-refractivity contribution in [2.24, 2.45) is 0 Å². The van der Waals surface area contributed by atoms with Crippen molar-refractivity contribution in [3.05, 3.63) is 23.8 Å². The molecule has 0 radical (unpaired) electrons. The van der Waals surface area contributed by atoms with Gasteiger partial charge >= 0.3 is 12.1 Å². The van der Waals surface area contributed by atoms with Crippen molar-refractivity contribution in [3.63, 3.8) is 0 Å². The third kappa shape index (κ3) is 6.13. The molecule has 1 aromatic rings. The van der Waals surface area contributed by atoms with Gasteiger partial charge in [0.2, 0.25) is 0 Å². The van der Waals surface area contributed by atoms with E-state index in [0.717, 1.165) is 31.6 Å². The lowest BCUT2D eigenvalue weighted by Crippen LogP contribution is -2.33. The van der Waals surface area contributed by atoms with E-state index >= 15 is 0 Å². The molecule has 0 aliphatic carbocycles. The molecule has 7 nitrogen and oxygen atoms in total. The van der Waals surface area contributed by atoms with E-state index in [1.54, 1.807) is 32.9 Å². The molecule has 144 valence electrons. The van der Waals surface area contributed by atoms with Gasteiger partial charge in [-0.15, -0.1) is 0 Å². The van der Waals surface area contributed by atoms with Gasteiger partial charge in [0.25, 0.3) is 0 Å². The second-order valence-electron chi connectivity index (χ2n) is 7.31. The molecule has 2 rings (SSSR count). The van der Waals surface area contributed by atoms with E-state index in [-0.39, 0.29) is 5.56 Å². The molecule has 0 atom stereocenters. The summed E-state index contributed by atoms with van der Waals surface area (Å²) in [5.74, 6) is -0.654. The predicted octanol–water partition coefficient (Wildman–Crippen LogP) is 3.28. The van der Waals surface area contributed by atoms with Crippen molar-refractivity contribution in [2.45, 2.75) is 45.6 Å². The van der Waals surface area contributed by atoms with Crippen molar-refractivity contribution in [1.29, 1.82) is 0 Å². The summed E-state index contributed by atoms with van der Waals surface area (Å²) in [4.78, 5) is 25.2. The Balaban J connectivity index is 1.86. The molecule has 0 spiro atoms. The van der Waals surface area contributed by atoms with Gasteiger partial charge in [0, 0.05) is 31.4 Å². The molecular formula is C19H28N2O5. The van der Waals surface area contributed by atoms with Gasteiger partial charge in [-0.3, -0.25) is 0 Å². The molecule has 1 saturated heterocycles. The highest BCUT2D eigenvalue weighted by Crippen LogP contribution is 2.28. The Labute approximate surface area is 154 Å². The molecule has 1 amide bonds. The minimum atomic E-state index is -1.01. The first-order chi connectivity index (χ1) is 12.3. The molecular weight excluding hydrogens is 336 g/mol. The summed E-state index contributed by atoms with van der Waals surface area (Å²) in [6.07, 6.45) is 2.37. The molecule has 1 heterocycles. The van der Waals surface area contributed by atoms with Crippen LogP contribution in [0.2, 0.25) is 0 Å². The predicted molar refractivity (Wildman–Crippen MR) is 99.2 cm³/mol. The molecule has 0 unspecified atom stereocenters. The smallest absolute Gasteiger partial charge is 0.407 e. The maximum atomic E-state index is 11.6. The number of carbonyl (C=O) groups excluding carboxylic acids is 1. The molecule has 2 N–H and O–H groups in total. The van der Waals surface area contributed by atoms with Gasteiger partial charge in [0.1, 0.15) is 16.9 Å². The van der Waals surface area contributed by atoms with Crippen LogP contribution in [0.3, 0.4) is 0 Å². The third-order valence-electron chi connectivity index (χ3n) is 3.91. The summed E-state index contributed by atoms with van der Waals surface area (Å²) in [5.41, 5.74) is 0.593. The van der Waals surface area contributed by atoms with Crippen LogP contribution < -0.4 is 15.0 Å². The summed E-state index contributed by atoms with van der Waals surface area (Å²) in [5, 5.41) is 12.0. The van der Waals surface area contributed by atoms with E-state index in [4.69, 9.17) is 9.47 Å². The highest BCUT2D eigenvalue weighted by molar-refractivity contribution is 5.91. The Morgan fingerprint density at radius 2 is 1.92 bits per heavy atom. The molecule has 1 fully saturated rings. The van der Waals surface area contributed by atoms with Crippen LogP contribution in [0.4, 0.5) is 10.5 Å². The van der Waals surface area contributed by atoms with Crippen LogP contribution in [0.1, 0.15) is 50.4 Å². The zero-order valence-corrected chi connectivity index (χ0v) is 15.7. The van der Waals surface area contributed by atoms with E-state index < -0.39 is 17.7 Å². The van der Waals surface area contributed by atoms with Gasteiger partial charge in [-0.25, -0.2) is 9.59 Å². The van der Waals surface area contributed by atoms with Crippen molar-refractivity contribution in [1.82, 2.24) is 5.32 Å². The average molecular weight is 364 g/mol. The fourth-order valence-corrected chi connectivity index (χ4v) is 2.74. The first-order valence-corrected chi connectivity index (χ1v) is 8.98. The maximum absolute atomic E-state index is 11.6. The first kappa shape index (κ1) is 19.9. The summed E-state index contributed by atoms with van der Waals surface area (Å²) < 4.78 is 10.8. The lowest BCUT2D eigenvalue weighted by molar-refractivity contribution is 0.0525. The summed E-state index contributed by atoms with van der Waals surface area (Å²) in [7, 11) is 0. The summed E-state index contributed by atoms with van der Waals surface area (Å²) in [6.45, 7) is 8.06. The van der Waals surface area contributed by atoms with Crippen LogP contribution in [-0.2, 0) is 4.74 Å². The minimum absolute atomic E-state index is 0.146. The number of ether oxygens (including phenoxy) is 2. The number of carboxylic acid groups (broad SMARTS) is 1. The number of anilines is 1. The largest absolute Gasteiger partial charge is 0.493 e. The SMILES string of the molecule is CC(C)(C)OC(=O)NCCCOc1cc(N2CCCC2)ccc1C(=O)O. The molecule has 0 saturated carbocycles. The highest BCUT2D eigenvalue weighted by atomic mass is 16.6. The third-order valence-corrected chi connectivity index (χ3v) is 3.91. The Kier molecular flexibility index (Phi) is 6.71. The van der Waals surface area contributed by atoms with Gasteiger partial charge in [-0.1, -0.05) is 0 Å². The monoisotopic (exact) mass is 364 g/mol. The quantitative estimate of drug-likeness (QED) is 0.722. The number of hydrogen-bond donors (Lipinski definition) is 2. The van der Waals surface area contributed by atoms with Gasteiger partial charge in [-0.2, -0.15) is 0 Å². The molecule has 1 aliphatic heterocycles. The van der Waals surface area contributed by atoms with Crippen molar-refractivity contribution >= 4 is 17.7 Å². The lowest BCUT2D eigenvalue weighted by Gasteiger charge is -2.20. The Bertz CT molecular complexity index is 633. The van der Waals surface area contributed by atoms with E-state index in [9.17, 15) is 14.7 Å². The van der Waals surface area contributed by atoms with Gasteiger partial charge in [-0.05, 0) is 52.2 Å². The molecule has 1 aliphatic rings. The fraction of sp³-hybridized carbons (Fsp3) is 0.579. The van der Waals surface area contributed by atoms with Crippen LogP contribution in [-0.4, -0.2) is 49.0 Å². The van der Waals surface area contributed by atoms with E-state index in [1.807, 2.05) is 6.07 Å². The first-order valence-electron chi connectivity index (χ1n) is 8.98. The van der Waals surface area contributed by atoms with Crippen LogP contribution in [0.5, 0.6) is 5.75 Å². The Morgan fingerprint density at radius 1 is 1.23 bits per heavy atom. The minimum Gasteiger partial charge on any atom is -0.493 e. The molecule has 26 heavy (non-hydrogen) atoms. The zero-order chi connectivity index (χ0) is 19.2. The topological polar surface area (TPSA) is 88.1 Å². The number of carbonyl (C=O) groups is 2. The van der Waals surface area contributed by atoms with Crippen LogP contribution >= 0.6 is 0 Å². The Hall–Kier alpha value is -2.44. The average Bonchev–Trinajstić information content (AvgIpc) is 3.07. The van der Waals surface area contributed by atoms with Crippen molar-refractivity contribution in [2.75, 3.05) is 31.1 Å². The number of aromatic carboxylic acids is 1. The van der Waals surface area contributed by atoms with Gasteiger partial charge < -0.3 is 24.8 Å². The number of benzene rings is 1. The van der Waals surface area contributed by atoms with E-state index in [1.165, 1.54) is 0 Å². The fourth-order valence-electron chi connectivity index (χ4n) is 2.74. The molecule has 7 heteroatoms. The Morgan fingerprint density at radius 3 is 2.54 bits per heavy atom. The number of nitrogens with one attached hydrogen (secondary N) is 1. The van der Waals surface area contributed by atoms with E-state index in [0.29, 0.717) is 25.3 Å². The summed E-state index contributed by atoms with van der Waals surface area (Å²) in [6, 6.07) is 5.20. The number of carboxylic acids is 1. The van der Waals surface area contributed by atoms with Crippen molar-refractivity contribution < 1.29 is 24.2 Å². The summed E-state index contributed by atoms with van der Waals surface area (Å²) >= 11 is 0. The highest BCUT2D eigenvalue weighted by Gasteiger charge is 2.18. The number of nitrogens with zero attached hydrogens (tertiary/aromatic N) is 1. The second kappa shape index (κ2) is 8.78.